The molecule has 3 heteroatoms. The van der Waals surface area contributed by atoms with Crippen molar-refractivity contribution in [2.24, 2.45) is 11.8 Å². The van der Waals surface area contributed by atoms with Crippen molar-refractivity contribution in [1.82, 2.24) is 4.90 Å². The zero-order chi connectivity index (χ0) is 11.1. The molecule has 2 atom stereocenters. The fraction of sp³-hybridized carbons (Fsp3) is 0.917. The Balaban J connectivity index is 1.89. The van der Waals surface area contributed by atoms with Crippen LogP contribution in [0.3, 0.4) is 0 Å². The van der Waals surface area contributed by atoms with E-state index in [2.05, 4.69) is 6.92 Å². The molecule has 3 nitrogen and oxygen atoms in total. The number of hydrogen-bond donors (Lipinski definition) is 1. The molecule has 0 aromatic carbocycles. The number of likely N-dealkylation sites (tertiary alicyclic amines) is 1. The molecule has 0 radical (unpaired) electrons. The van der Waals surface area contributed by atoms with E-state index < -0.39 is 5.60 Å². The largest absolute Gasteiger partial charge is 0.386 e. The lowest BCUT2D eigenvalue weighted by atomic mass is 9.88. The van der Waals surface area contributed by atoms with E-state index >= 15 is 0 Å². The third-order valence-corrected chi connectivity index (χ3v) is 4.12. The van der Waals surface area contributed by atoms with E-state index in [9.17, 15) is 9.90 Å². The highest BCUT2D eigenvalue weighted by Crippen LogP contribution is 2.35. The van der Waals surface area contributed by atoms with Gasteiger partial charge >= 0.3 is 0 Å². The van der Waals surface area contributed by atoms with Crippen LogP contribution >= 0.6 is 0 Å². The van der Waals surface area contributed by atoms with Crippen molar-refractivity contribution < 1.29 is 9.90 Å². The Morgan fingerprint density at radius 1 is 1.47 bits per heavy atom. The Hall–Kier alpha value is -0.570. The average molecular weight is 211 g/mol. The first kappa shape index (κ1) is 10.9. The number of carbonyl (C=O) groups is 1. The van der Waals surface area contributed by atoms with Crippen molar-refractivity contribution in [3.05, 3.63) is 0 Å². The van der Waals surface area contributed by atoms with Crippen LogP contribution in [-0.2, 0) is 4.79 Å². The lowest BCUT2D eigenvalue weighted by Crippen LogP contribution is -2.64. The number of aliphatic hydroxyl groups is 1. The summed E-state index contributed by atoms with van der Waals surface area (Å²) in [5.74, 6) is 1.04. The maximum Gasteiger partial charge on any atom is 0.226 e. The number of amides is 1. The Morgan fingerprint density at radius 3 is 2.60 bits per heavy atom. The number of hydrogen-bond acceptors (Lipinski definition) is 2. The van der Waals surface area contributed by atoms with Crippen molar-refractivity contribution in [2.45, 2.75) is 45.1 Å². The lowest BCUT2D eigenvalue weighted by Gasteiger charge is -2.47. The van der Waals surface area contributed by atoms with Gasteiger partial charge in [-0.2, -0.15) is 0 Å². The topological polar surface area (TPSA) is 40.5 Å². The molecule has 0 aromatic heterocycles. The monoisotopic (exact) mass is 211 g/mol. The van der Waals surface area contributed by atoms with Gasteiger partial charge in [-0.15, -0.1) is 0 Å². The van der Waals surface area contributed by atoms with Gasteiger partial charge in [0.25, 0.3) is 0 Å². The van der Waals surface area contributed by atoms with Crippen LogP contribution in [0.5, 0.6) is 0 Å². The Bertz CT molecular complexity index is 258. The van der Waals surface area contributed by atoms with Crippen LogP contribution in [-0.4, -0.2) is 34.6 Å². The first-order valence-corrected chi connectivity index (χ1v) is 6.07. The van der Waals surface area contributed by atoms with Gasteiger partial charge in [0.15, 0.2) is 0 Å². The predicted molar refractivity (Wildman–Crippen MR) is 58.3 cm³/mol. The predicted octanol–water partition coefficient (Wildman–Crippen LogP) is 1.41. The summed E-state index contributed by atoms with van der Waals surface area (Å²) >= 11 is 0. The normalized spacial score (nSPS) is 33.9. The number of carbonyl (C=O) groups excluding carboxylic acids is 1. The van der Waals surface area contributed by atoms with Gasteiger partial charge in [-0.25, -0.2) is 0 Å². The van der Waals surface area contributed by atoms with Crippen molar-refractivity contribution in [1.29, 1.82) is 0 Å². The summed E-state index contributed by atoms with van der Waals surface area (Å²) in [7, 11) is 0. The molecule has 0 spiro atoms. The Labute approximate surface area is 91.5 Å². The van der Waals surface area contributed by atoms with E-state index in [0.717, 1.165) is 12.8 Å². The fourth-order valence-corrected chi connectivity index (χ4v) is 2.79. The zero-order valence-corrected chi connectivity index (χ0v) is 9.70. The molecule has 2 unspecified atom stereocenters. The van der Waals surface area contributed by atoms with Crippen molar-refractivity contribution in [2.75, 3.05) is 13.1 Å². The molecule has 2 rings (SSSR count). The fourth-order valence-electron chi connectivity index (χ4n) is 2.79. The Morgan fingerprint density at radius 2 is 2.13 bits per heavy atom. The lowest BCUT2D eigenvalue weighted by molar-refractivity contribution is -0.160. The highest BCUT2D eigenvalue weighted by atomic mass is 16.3. The van der Waals surface area contributed by atoms with Gasteiger partial charge in [-0.3, -0.25) is 4.79 Å². The molecule has 0 bridgehead atoms. The standard InChI is InChI=1S/C12H21NO2/c1-3-12(15)7-13(8-12)11(14)10-6-4-5-9(10)2/h9-10,15H,3-8H2,1-2H3. The van der Waals surface area contributed by atoms with Crippen LogP contribution in [0.4, 0.5) is 0 Å². The van der Waals surface area contributed by atoms with E-state index in [4.69, 9.17) is 0 Å². The maximum absolute atomic E-state index is 12.1. The van der Waals surface area contributed by atoms with Gasteiger partial charge in [-0.05, 0) is 25.2 Å². The molecule has 0 aromatic rings. The molecule has 1 N–H and O–H groups in total. The SMILES string of the molecule is CCC1(O)CN(C(=O)C2CCCC2C)C1. The third kappa shape index (κ3) is 1.89. The first-order chi connectivity index (χ1) is 7.06. The van der Waals surface area contributed by atoms with E-state index in [1.807, 2.05) is 11.8 Å². The minimum absolute atomic E-state index is 0.228. The molecule has 1 amide bonds. The summed E-state index contributed by atoms with van der Waals surface area (Å²) in [6.45, 7) is 5.23. The van der Waals surface area contributed by atoms with Crippen LogP contribution in [0, 0.1) is 11.8 Å². The van der Waals surface area contributed by atoms with Gasteiger partial charge < -0.3 is 10.0 Å². The van der Waals surface area contributed by atoms with E-state index in [0.29, 0.717) is 19.0 Å². The van der Waals surface area contributed by atoms with Crippen molar-refractivity contribution >= 4 is 5.91 Å². The van der Waals surface area contributed by atoms with Crippen molar-refractivity contribution in [3.63, 3.8) is 0 Å². The number of rotatable bonds is 2. The van der Waals surface area contributed by atoms with Crippen molar-refractivity contribution in [3.8, 4) is 0 Å². The molecule has 1 aliphatic heterocycles. The van der Waals surface area contributed by atoms with Crippen LogP contribution in [0.25, 0.3) is 0 Å². The summed E-state index contributed by atoms with van der Waals surface area (Å²) in [6, 6.07) is 0. The average Bonchev–Trinajstić information content (AvgIpc) is 2.58. The second kappa shape index (κ2) is 3.78. The van der Waals surface area contributed by atoms with Crippen LogP contribution < -0.4 is 0 Å². The molecule has 2 fully saturated rings. The summed E-state index contributed by atoms with van der Waals surface area (Å²) in [5.41, 5.74) is -0.586. The number of nitrogens with zero attached hydrogens (tertiary/aromatic N) is 1. The first-order valence-electron chi connectivity index (χ1n) is 6.07. The van der Waals surface area contributed by atoms with Gasteiger partial charge in [-0.1, -0.05) is 20.3 Å². The van der Waals surface area contributed by atoms with Crippen LogP contribution in [0.2, 0.25) is 0 Å². The third-order valence-electron chi connectivity index (χ3n) is 4.12. The second-order valence-electron chi connectivity index (χ2n) is 5.29. The molecule has 1 saturated heterocycles. The van der Waals surface area contributed by atoms with E-state index in [-0.39, 0.29) is 11.8 Å². The van der Waals surface area contributed by atoms with Crippen LogP contribution in [0.1, 0.15) is 39.5 Å². The quantitative estimate of drug-likeness (QED) is 0.750. The summed E-state index contributed by atoms with van der Waals surface area (Å²) in [5, 5.41) is 9.85. The molecular formula is C12H21NO2. The van der Waals surface area contributed by atoms with Gasteiger partial charge in [0.2, 0.25) is 5.91 Å². The van der Waals surface area contributed by atoms with Crippen LogP contribution in [0.15, 0.2) is 0 Å². The second-order valence-corrected chi connectivity index (χ2v) is 5.29. The number of β-amino-alcohol motifs (C(OH)–C–C–N with tert-alkyl or cyclic N) is 1. The van der Waals surface area contributed by atoms with Gasteiger partial charge in [0.1, 0.15) is 0 Å². The zero-order valence-electron chi connectivity index (χ0n) is 9.70. The highest BCUT2D eigenvalue weighted by molar-refractivity contribution is 5.80. The summed E-state index contributed by atoms with van der Waals surface area (Å²) in [6.07, 6.45) is 4.16. The molecule has 15 heavy (non-hydrogen) atoms. The minimum atomic E-state index is -0.586. The molecule has 1 aliphatic carbocycles. The van der Waals surface area contributed by atoms with E-state index in [1.165, 1.54) is 12.8 Å². The molecule has 1 saturated carbocycles. The van der Waals surface area contributed by atoms with Gasteiger partial charge in [0, 0.05) is 5.92 Å². The summed E-state index contributed by atoms with van der Waals surface area (Å²) in [4.78, 5) is 13.9. The molecular weight excluding hydrogens is 190 g/mol. The Kier molecular flexibility index (Phi) is 2.75. The highest BCUT2D eigenvalue weighted by Gasteiger charge is 2.45. The molecule has 1 heterocycles. The molecule has 86 valence electrons. The molecule has 2 aliphatic rings. The minimum Gasteiger partial charge on any atom is -0.386 e. The summed E-state index contributed by atoms with van der Waals surface area (Å²) < 4.78 is 0. The smallest absolute Gasteiger partial charge is 0.226 e. The van der Waals surface area contributed by atoms with Gasteiger partial charge in [0.05, 0.1) is 18.7 Å². The van der Waals surface area contributed by atoms with E-state index in [1.54, 1.807) is 0 Å². The maximum atomic E-state index is 12.1.